The van der Waals surface area contributed by atoms with E-state index in [1.807, 2.05) is 0 Å². The van der Waals surface area contributed by atoms with Gasteiger partial charge >= 0.3 is 6.18 Å². The third kappa shape index (κ3) is 10.2. The number of halogens is 4. The molecule has 6 nitrogen and oxygen atoms in total. The van der Waals surface area contributed by atoms with Gasteiger partial charge in [0.25, 0.3) is 5.56 Å². The summed E-state index contributed by atoms with van der Waals surface area (Å²) < 4.78 is 55.4. The van der Waals surface area contributed by atoms with Crippen molar-refractivity contribution in [3.63, 3.8) is 0 Å². The summed E-state index contributed by atoms with van der Waals surface area (Å²) in [6, 6.07) is 0. The molecule has 0 saturated heterocycles. The van der Waals surface area contributed by atoms with E-state index in [9.17, 15) is 22.4 Å². The lowest BCUT2D eigenvalue weighted by Crippen LogP contribution is -2.81. The monoisotopic (exact) mass is 946 g/mol. The maximum atomic E-state index is 15.6. The van der Waals surface area contributed by atoms with E-state index < -0.39 is 188 Å². The zero-order valence-corrected chi connectivity index (χ0v) is 40.9. The fraction of sp³-hybridized carbons (Fsp3) is 0.361. The van der Waals surface area contributed by atoms with Gasteiger partial charge in [-0.2, -0.15) is 18.2 Å². The molecule has 0 fully saturated rings. The van der Waals surface area contributed by atoms with E-state index in [1.165, 1.54) is 0 Å². The highest BCUT2D eigenvalue weighted by atomic mass is 32.2. The maximum Gasteiger partial charge on any atom is 0.415 e. The first kappa shape index (κ1) is 63.7. The van der Waals surface area contributed by atoms with Crippen LogP contribution in [0.5, 0.6) is 0 Å². The largest absolute Gasteiger partial charge is 0.415 e. The number of fused-ring (bicyclic) bond motifs is 1. The number of thioether (sulfide) groups is 1. The molecule has 5 rings (SSSR count). The first-order chi connectivity index (χ1) is 33.4. The summed E-state index contributed by atoms with van der Waals surface area (Å²) in [4.78, 5) is 34.8. The summed E-state index contributed by atoms with van der Waals surface area (Å²) in [6.07, 6.45) is -5.16. The van der Waals surface area contributed by atoms with Crippen LogP contribution in [0.3, 0.4) is 0 Å². The molecule has 0 aliphatic heterocycles. The quantitative estimate of drug-likeness (QED) is 0.0578. The molecule has 0 saturated carbocycles. The van der Waals surface area contributed by atoms with Crippen molar-refractivity contribution in [3.05, 3.63) is 44.1 Å². The van der Waals surface area contributed by atoms with E-state index in [2.05, 4.69) is 4.98 Å². The standard InChI is InChI=1S/C36H10B28F4N4O2S/c1-28(49,50)72(29(2,51)52)36(63,64)35(61,62)71(3-5-12(37)14(39)7(15(40)13(5)38)8-16(41)20(45)10(33(66,67)68)21(46)17(8)42)6(73)4-70-25-11(30(53,54)34(59,60)31(25,55)56)26(74)69-27(70)75-32(57,58)9-18(43)22(47)24(65)23(48)19(9)44/h3-4H2,1-2H3. The van der Waals surface area contributed by atoms with Crippen LogP contribution in [-0.4, -0.2) is 266 Å². The molecular formula is C36H10B28F4N4O2S. The van der Waals surface area contributed by atoms with Crippen molar-refractivity contribution >= 4 is 303 Å². The van der Waals surface area contributed by atoms with E-state index in [1.54, 1.807) is 0 Å². The van der Waals surface area contributed by atoms with Crippen LogP contribution < -0.4 is 71.1 Å². The zero-order chi connectivity index (χ0) is 58.3. The van der Waals surface area contributed by atoms with Gasteiger partial charge in [-0.15, -0.1) is 5.21 Å². The van der Waals surface area contributed by atoms with Gasteiger partial charge in [-0.05, 0) is 31.9 Å². The van der Waals surface area contributed by atoms with Gasteiger partial charge in [-0.25, -0.2) is 4.39 Å². The average Bonchev–Trinajstić information content (AvgIpc) is 3.34. The summed E-state index contributed by atoms with van der Waals surface area (Å²) >= 11 is 0.164. The van der Waals surface area contributed by atoms with Crippen molar-refractivity contribution in [2.24, 2.45) is 0 Å². The third-order valence-electron chi connectivity index (χ3n) is 12.9. The molecule has 0 spiro atoms. The molecule has 0 bridgehead atoms. The molecule has 75 heavy (non-hydrogen) atoms. The number of amides is 1. The molecule has 0 N–H and O–H groups in total. The lowest BCUT2D eigenvalue weighted by Gasteiger charge is -2.65. The first-order valence-corrected chi connectivity index (χ1v) is 21.8. The van der Waals surface area contributed by atoms with Crippen LogP contribution in [0.15, 0.2) is 9.95 Å². The molecule has 1 aliphatic rings. The lowest BCUT2D eigenvalue weighted by molar-refractivity contribution is -0.136. The molecule has 4 aromatic rings. The molecule has 1 amide bonds. The second-order valence-electron chi connectivity index (χ2n) is 18.7. The lowest BCUT2D eigenvalue weighted by atomic mass is 9.20. The van der Waals surface area contributed by atoms with Gasteiger partial charge in [0.05, 0.1) is 126 Å². The van der Waals surface area contributed by atoms with Crippen LogP contribution in [-0.2, 0) is 39.0 Å². The Bertz CT molecular complexity index is 3020. The summed E-state index contributed by atoms with van der Waals surface area (Å²) in [5, 5.41) is -19.7. The number of hydrogen-bond donors (Lipinski definition) is 0. The summed E-state index contributed by atoms with van der Waals surface area (Å²) in [7, 11) is 178. The van der Waals surface area contributed by atoms with E-state index >= 15 is 4.79 Å². The Hall–Kier alpha value is -2.14. The topological polar surface area (TPSA) is 58.4 Å². The van der Waals surface area contributed by atoms with Crippen LogP contribution in [0.4, 0.5) is 17.6 Å². The highest BCUT2D eigenvalue weighted by Gasteiger charge is 2.58. The number of rotatable bonds is 13. The van der Waals surface area contributed by atoms with Gasteiger partial charge in [-0.3, -0.25) is 9.59 Å². The van der Waals surface area contributed by atoms with Crippen molar-refractivity contribution in [1.29, 1.82) is 0 Å². The molecule has 39 heteroatoms. The Morgan fingerprint density at radius 2 is 0.973 bits per heavy atom. The van der Waals surface area contributed by atoms with Crippen molar-refractivity contribution in [1.82, 2.24) is 19.4 Å². The summed E-state index contributed by atoms with van der Waals surface area (Å²) in [6.45, 7) is -0.262. The van der Waals surface area contributed by atoms with E-state index in [0.717, 1.165) is 18.4 Å². The minimum absolute atomic E-state index is 0.164. The number of carbonyl (C=O) groups is 1. The van der Waals surface area contributed by atoms with Gasteiger partial charge in [0, 0.05) is 23.4 Å². The highest BCUT2D eigenvalue weighted by molar-refractivity contribution is 8.02. The third-order valence-corrected chi connectivity index (χ3v) is 13.9. The Morgan fingerprint density at radius 3 is 1.36 bits per heavy atom. The van der Waals surface area contributed by atoms with Crippen LogP contribution in [0.25, 0.3) is 11.1 Å². The van der Waals surface area contributed by atoms with Crippen LogP contribution in [0.1, 0.15) is 41.8 Å². The van der Waals surface area contributed by atoms with Crippen LogP contribution in [0.2, 0.25) is 5.21 Å². The SMILES string of the molecule is [B]c1c([B])c(C([B])([B])Sc2nc(=O)c3c(n2CC(=O)N(Cc2c([B])c([B])c(-c4c([B])c([B])c(C(F)(F)F)c([B])c4[B])c([B])c2[B])C([B])([B])C([B])([B])N(C([B])([B])C)C([B])([B])C)C([B])([B])C([B])([B])C3([B])[B])c([B])c([B])c1F. The van der Waals surface area contributed by atoms with Gasteiger partial charge < -0.3 is 14.4 Å². The van der Waals surface area contributed by atoms with Gasteiger partial charge in [0.2, 0.25) is 5.91 Å². The number of carbonyl (C=O) groups excluding carboxylic acids is 1. The number of alkyl halides is 3. The Labute approximate surface area is 476 Å². The molecule has 1 aromatic heterocycles. The molecule has 0 unspecified atom stereocenters. The Balaban J connectivity index is 1.90. The summed E-state index contributed by atoms with van der Waals surface area (Å²) in [5.41, 5.74) is -15.5. The number of aromatic nitrogens is 2. The van der Waals surface area contributed by atoms with Crippen molar-refractivity contribution in [2.75, 3.05) is 0 Å². The van der Waals surface area contributed by atoms with Gasteiger partial charge in [-0.1, -0.05) is 118 Å². The fourth-order valence-corrected chi connectivity index (χ4v) is 9.99. The van der Waals surface area contributed by atoms with E-state index in [-0.39, 0.29) is 11.8 Å². The van der Waals surface area contributed by atoms with E-state index in [4.69, 9.17) is 220 Å². The minimum atomic E-state index is -5.16. The molecule has 1 aliphatic carbocycles. The van der Waals surface area contributed by atoms with Crippen molar-refractivity contribution < 1.29 is 22.4 Å². The van der Waals surface area contributed by atoms with E-state index in [0.29, 0.717) is 9.80 Å². The zero-order valence-electron chi connectivity index (χ0n) is 40.1. The van der Waals surface area contributed by atoms with Crippen molar-refractivity contribution in [2.45, 2.75) is 79.8 Å². The normalized spacial score (nSPS) is 15.7. The smallest absolute Gasteiger partial charge is 0.348 e. The number of nitrogens with zero attached hydrogens (tertiary/aromatic N) is 4. The summed E-state index contributed by atoms with van der Waals surface area (Å²) in [5.74, 6) is -2.68. The Morgan fingerprint density at radius 1 is 0.587 bits per heavy atom. The minimum Gasteiger partial charge on any atom is -0.348 e. The fourth-order valence-electron chi connectivity index (χ4n) is 8.97. The second kappa shape index (κ2) is 20.1. The van der Waals surface area contributed by atoms with Crippen LogP contribution >= 0.6 is 11.8 Å². The molecule has 1 heterocycles. The number of benzene rings is 3. The maximum absolute atomic E-state index is 15.6. The Kier molecular flexibility index (Phi) is 17.1. The second-order valence-corrected chi connectivity index (χ2v) is 19.9. The van der Waals surface area contributed by atoms with Gasteiger partial charge in [0.15, 0.2) is 5.16 Å². The average molecular weight is 941 g/mol. The molecular weight excluding hydrogens is 931 g/mol. The molecule has 3 aromatic carbocycles. The first-order valence-electron chi connectivity index (χ1n) is 21.0. The number of hydrogen-bond acceptors (Lipinski definition) is 5. The molecule has 0 atom stereocenters. The van der Waals surface area contributed by atoms with Gasteiger partial charge in [0.1, 0.15) is 107 Å². The van der Waals surface area contributed by atoms with Crippen molar-refractivity contribution in [3.8, 4) is 11.1 Å². The highest BCUT2D eigenvalue weighted by Crippen LogP contribution is 2.57. The van der Waals surface area contributed by atoms with Crippen LogP contribution in [0, 0.1) is 5.82 Å². The molecule has 304 valence electrons. The molecule has 56 radical (unpaired) electrons. The predicted octanol–water partition coefficient (Wildman–Crippen LogP) is -15.4. The predicted molar refractivity (Wildman–Crippen MR) is 317 cm³/mol.